The summed E-state index contributed by atoms with van der Waals surface area (Å²) in [5.74, 6) is 0.546. The van der Waals surface area contributed by atoms with Crippen LogP contribution in [-0.4, -0.2) is 175 Å². The smallest absolute Gasteiger partial charge is 0.266 e. The minimum Gasteiger partial charge on any atom is -0.369 e. The summed E-state index contributed by atoms with van der Waals surface area (Å²) in [5.41, 5.74) is 44.2. The highest BCUT2D eigenvalue weighted by Crippen LogP contribution is 2.51. The van der Waals surface area contributed by atoms with Crippen molar-refractivity contribution in [2.45, 2.75) is 112 Å². The number of alkyl halides is 1. The SMILES string of the molecule is CC1C(=N)N(C)C(N)=N[C@]1(C)c1cnn(-c2cccc(Br)c2)c1.CN1C(=O)C(C)(C)[C@@](C)(c2cc(-c3cccc(Br)c3)nn2C)N=C1N.CN1C(=O)C[C@@H](c2cccc(-c3cccnc3)c2)N=C1N.CN1C(=O)[C@H](I)[C@@](C)(c2scc(Br)c2Cl)N=C1N.Cc1cc([C@]2(C)CC(=O)N(C)C(N)=N2)sc1-c1cncc(C#N)c1.NC1=NC(c2ccccc2)(c2ccccc2)C(=O)N1Cc1cccc(NC(=O)c2ccc(F)cc2)c1. The molecule has 0 saturated heterocycles. The molecule has 0 radical (unpaired) electrons. The van der Waals surface area contributed by atoms with E-state index in [1.54, 1.807) is 92.9 Å². The number of rotatable bonds is 15. The molecular formula is C106H107Br3ClFIN27O6S2. The first-order valence-electron chi connectivity index (χ1n) is 45.9. The largest absolute Gasteiger partial charge is 0.369 e. The highest BCUT2D eigenvalue weighted by molar-refractivity contribution is 14.1. The zero-order chi connectivity index (χ0) is 106. The number of thiophene rings is 2. The van der Waals surface area contributed by atoms with Crippen molar-refractivity contribution in [2.24, 2.45) is 82.7 Å². The number of aliphatic imine (C=N–C) groups is 6. The number of aromatic nitrogens is 6. The van der Waals surface area contributed by atoms with Crippen LogP contribution in [0.3, 0.4) is 0 Å². The van der Waals surface area contributed by atoms with Gasteiger partial charge in [-0.25, -0.2) is 39.0 Å². The predicted molar refractivity (Wildman–Crippen MR) is 595 cm³/mol. The molecule has 19 rings (SSSR count). The molecule has 0 saturated carbocycles. The van der Waals surface area contributed by atoms with E-state index in [9.17, 15) is 33.2 Å². The molecule has 7 atom stereocenters. The molecule has 0 aliphatic carbocycles. The van der Waals surface area contributed by atoms with Crippen LogP contribution >= 0.6 is 105 Å². The number of pyridine rings is 2. The Kier molecular flexibility index (Phi) is 32.8. The zero-order valence-electron chi connectivity index (χ0n) is 82.6. The lowest BCUT2D eigenvalue weighted by atomic mass is 9.69. The van der Waals surface area contributed by atoms with E-state index in [-0.39, 0.29) is 94.1 Å². The Morgan fingerprint density at radius 2 is 1.22 bits per heavy atom. The fourth-order valence-corrected chi connectivity index (χ4v) is 22.3. The number of aryl methyl sites for hydroxylation is 2. The number of amidine groups is 1. The van der Waals surface area contributed by atoms with E-state index in [4.69, 9.17) is 61.7 Å². The quantitative estimate of drug-likeness (QED) is 0.0349. The summed E-state index contributed by atoms with van der Waals surface area (Å²) < 4.78 is 19.2. The molecule has 6 aromatic heterocycles. The van der Waals surface area contributed by atoms with Gasteiger partial charge in [-0.2, -0.15) is 15.5 Å². The van der Waals surface area contributed by atoms with Crippen molar-refractivity contribution in [1.82, 2.24) is 58.9 Å². The van der Waals surface area contributed by atoms with E-state index in [2.05, 4.69) is 127 Å². The van der Waals surface area contributed by atoms with Gasteiger partial charge in [0.15, 0.2) is 41.3 Å². The summed E-state index contributed by atoms with van der Waals surface area (Å²) >= 11 is 21.7. The molecule has 147 heavy (non-hydrogen) atoms. The van der Waals surface area contributed by atoms with Gasteiger partial charge in [-0.3, -0.25) is 73.3 Å². The second-order valence-corrected chi connectivity index (χ2v) is 42.9. The summed E-state index contributed by atoms with van der Waals surface area (Å²) in [6.45, 7) is 15.7. The Morgan fingerprint density at radius 1 is 0.605 bits per heavy atom. The lowest BCUT2D eigenvalue weighted by Gasteiger charge is -2.45. The lowest BCUT2D eigenvalue weighted by molar-refractivity contribution is -0.140. The number of guanidine groups is 6. The maximum Gasteiger partial charge on any atom is 0.266 e. The van der Waals surface area contributed by atoms with Gasteiger partial charge in [0.05, 0.1) is 75.1 Å². The second kappa shape index (κ2) is 44.5. The first-order valence-corrected chi connectivity index (χ1v) is 51.6. The molecule has 14 N–H and O–H groups in total. The Balaban J connectivity index is 0.000000141. The minimum atomic E-state index is -1.28. The minimum absolute atomic E-state index is 0.0146. The molecule has 12 heterocycles. The van der Waals surface area contributed by atoms with Crippen LogP contribution in [0.25, 0.3) is 38.5 Å². The fraction of sp³-hybridized carbons (Fsp3) is 0.245. The predicted octanol–water partition coefficient (Wildman–Crippen LogP) is 17.6. The van der Waals surface area contributed by atoms with Crippen molar-refractivity contribution in [3.8, 4) is 44.6 Å². The van der Waals surface area contributed by atoms with Crippen LogP contribution in [0.5, 0.6) is 0 Å². The summed E-state index contributed by atoms with van der Waals surface area (Å²) in [7, 11) is 10.2. The van der Waals surface area contributed by atoms with Crippen molar-refractivity contribution in [2.75, 3.05) is 40.6 Å². The van der Waals surface area contributed by atoms with Crippen molar-refractivity contribution < 1.29 is 33.2 Å². The number of halogens is 6. The number of benzene rings is 7. The molecule has 0 spiro atoms. The molecule has 0 fully saturated rings. The first kappa shape index (κ1) is 108. The molecule has 6 aliphatic rings. The van der Waals surface area contributed by atoms with E-state index in [0.717, 1.165) is 101 Å². The number of anilines is 1. The number of nitrogens with two attached hydrogens (primary N) is 6. The molecule has 33 nitrogen and oxygen atoms in total. The van der Waals surface area contributed by atoms with Crippen LogP contribution in [0.2, 0.25) is 5.02 Å². The van der Waals surface area contributed by atoms with Gasteiger partial charge < -0.3 is 44.6 Å². The Labute approximate surface area is 902 Å². The number of nitrogens with one attached hydrogen (secondary N) is 2. The van der Waals surface area contributed by atoms with Gasteiger partial charge >= 0.3 is 0 Å². The number of amides is 6. The normalized spacial score (nSPS) is 20.8. The summed E-state index contributed by atoms with van der Waals surface area (Å²) in [5, 5.41) is 31.7. The summed E-state index contributed by atoms with van der Waals surface area (Å²) in [6.07, 6.45) is 11.2. The van der Waals surface area contributed by atoms with Gasteiger partial charge in [0.2, 0.25) is 23.6 Å². The highest BCUT2D eigenvalue weighted by Gasteiger charge is 2.56. The first-order chi connectivity index (χ1) is 69.6. The fourth-order valence-electron chi connectivity index (χ4n) is 17.2. The lowest BCUT2D eigenvalue weighted by Crippen LogP contribution is -2.58. The molecule has 756 valence electrons. The van der Waals surface area contributed by atoms with Gasteiger partial charge in [0.1, 0.15) is 38.3 Å². The number of hydrogen-bond acceptors (Lipinski definition) is 26. The Bertz CT molecular complexity index is 7440. The molecule has 1 unspecified atom stereocenters. The van der Waals surface area contributed by atoms with E-state index in [0.29, 0.717) is 40.1 Å². The third-order valence-corrected chi connectivity index (χ3v) is 33.7. The van der Waals surface area contributed by atoms with Gasteiger partial charge in [-0.15, -0.1) is 22.7 Å². The van der Waals surface area contributed by atoms with Crippen LogP contribution in [0, 0.1) is 40.8 Å². The molecule has 13 aromatic rings. The van der Waals surface area contributed by atoms with Crippen molar-refractivity contribution >= 4 is 187 Å². The van der Waals surface area contributed by atoms with Gasteiger partial charge in [0, 0.05) is 136 Å². The van der Waals surface area contributed by atoms with E-state index in [1.165, 1.54) is 66.3 Å². The third-order valence-electron chi connectivity index (χ3n) is 26.6. The van der Waals surface area contributed by atoms with Gasteiger partial charge in [0.25, 0.3) is 11.8 Å². The number of carbonyl (C=O) groups excluding carboxylic acids is 6. The number of carbonyl (C=O) groups is 6. The standard InChI is InChI=1S/C29H23FN4O2.C18H22BrN5O.C17H17N5OS.C16H19BrN6.C16H16N4O.C10H10BrClIN3OS/c30-24-16-14-21(15-17-24)26(35)32-25-13-7-8-20(18-25)19-34-27(36)29(33-28(34)31,22-9-3-1-4-10-22)23-11-5-2-6-12-23;1-17(2)15(25)23(4)16(20)21-18(17,3)14-10-13(22-24(14)5)11-7-6-8-12(19)9-11;1-10-4-13(17(2)6-14(23)22(3)16(19)21-17)24-15(10)12-5-11(7-18)8-20-9-12;1-10-14(18)22(3)15(19)21-16(10,2)11-8-20-23(9-11)13-6-4-5-12(17)7-13;1-20-15(21)9-14(19-16(20)17)12-5-2-4-11(8-12)13-6-3-7-18-10-13;1-10(7-5(12)4(11)3-18-7)6(13)8(17)16(2)9(14)15-10/h1-18H,19H2,(H2,31,33)(H,32,35);6-10H,1-5H3,(H2,20,21);4-5,8-9H,6H2,1-3H3,(H2,19,21);4-10,18H,1-3H3,(H2,19,21);2-8,10,14H,9H2,1H3,(H2,17,19);3,6H,1-2H3,(H2,14,15)/t;18-;17-;10?,16-;14-;6-,10-/m.10000/s1. The third kappa shape index (κ3) is 22.6. The summed E-state index contributed by atoms with van der Waals surface area (Å²) in [6, 6.07) is 66.7. The molecule has 41 heteroatoms. The molecule has 7 aromatic carbocycles. The average molecular weight is 2340 g/mol. The molecule has 6 aliphatic heterocycles. The second-order valence-electron chi connectivity index (χ2n) is 36.7. The zero-order valence-corrected chi connectivity index (χ0v) is 91.9. The van der Waals surface area contributed by atoms with E-state index < -0.39 is 38.9 Å². The van der Waals surface area contributed by atoms with Crippen molar-refractivity contribution in [1.29, 1.82) is 10.7 Å². The number of hydrogen-bond donors (Lipinski definition) is 8. The van der Waals surface area contributed by atoms with Gasteiger partial charge in [-0.1, -0.05) is 188 Å². The Morgan fingerprint density at radius 3 is 1.85 bits per heavy atom. The molecule has 0 bridgehead atoms. The monoisotopic (exact) mass is 2340 g/mol. The number of nitriles is 1. The maximum absolute atomic E-state index is 13.9. The topological polar surface area (TPSA) is 473 Å². The van der Waals surface area contributed by atoms with Crippen molar-refractivity contribution in [3.63, 3.8) is 0 Å². The molecule has 6 amide bonds. The molecular weight excluding hydrogens is 2230 g/mol. The van der Waals surface area contributed by atoms with E-state index >= 15 is 0 Å². The average Bonchev–Trinajstić information content (AvgIpc) is 1.67. The van der Waals surface area contributed by atoms with Crippen LogP contribution in [0.1, 0.15) is 132 Å². The maximum atomic E-state index is 13.9. The Hall–Kier alpha value is -14.4. The van der Waals surface area contributed by atoms with E-state index in [1.807, 2.05) is 255 Å². The number of nitrogens with zero attached hydrogens (tertiary/aromatic N) is 19. The summed E-state index contributed by atoms with van der Waals surface area (Å²) in [4.78, 5) is 123. The van der Waals surface area contributed by atoms with Crippen LogP contribution < -0.4 is 39.7 Å². The van der Waals surface area contributed by atoms with Crippen LogP contribution in [0.4, 0.5) is 10.1 Å². The highest BCUT2D eigenvalue weighted by atomic mass is 127. The van der Waals surface area contributed by atoms with Crippen molar-refractivity contribution in [3.05, 3.63) is 339 Å². The van der Waals surface area contributed by atoms with Gasteiger partial charge in [-0.05, 0) is 200 Å². The van der Waals surface area contributed by atoms with Crippen LogP contribution in [-0.2, 0) is 65.3 Å². The van der Waals surface area contributed by atoms with Crippen LogP contribution in [0.15, 0.2) is 298 Å².